The molecular formula is C13H18ClN3. The second-order valence-electron chi connectivity index (χ2n) is 4.69. The molecule has 1 N–H and O–H groups in total. The van der Waals surface area contributed by atoms with Crippen LogP contribution in [-0.4, -0.2) is 11.0 Å². The van der Waals surface area contributed by atoms with Gasteiger partial charge in [0.2, 0.25) is 0 Å². The Labute approximate surface area is 108 Å². The number of anilines is 1. The highest BCUT2D eigenvalue weighted by molar-refractivity contribution is 6.29. The molecule has 0 aliphatic carbocycles. The molecule has 1 heterocycles. The smallest absolute Gasteiger partial charge is 0.132 e. The first-order valence-corrected chi connectivity index (χ1v) is 6.23. The third kappa shape index (κ3) is 5.06. The molecule has 0 aliphatic heterocycles. The molecule has 0 aliphatic rings. The molecule has 1 aromatic rings. The lowest BCUT2D eigenvalue weighted by molar-refractivity contribution is 0.527. The van der Waals surface area contributed by atoms with Gasteiger partial charge in [0.05, 0.1) is 11.6 Å². The fraction of sp³-hybridized carbons (Fsp3) is 0.538. The number of nitrogens with one attached hydrogen (secondary N) is 1. The van der Waals surface area contributed by atoms with E-state index in [1.807, 2.05) is 0 Å². The molecule has 0 amide bonds. The summed E-state index contributed by atoms with van der Waals surface area (Å²) in [5.41, 5.74) is 0.531. The number of rotatable bonds is 5. The summed E-state index contributed by atoms with van der Waals surface area (Å²) >= 11 is 5.84. The standard InChI is InChI=1S/C13H18ClN3/c1-9(2)4-5-10(3)16-13-7-11(8-15)6-12(14)17-13/h6-7,9-10H,4-5H2,1-3H3,(H,16,17). The summed E-state index contributed by atoms with van der Waals surface area (Å²) < 4.78 is 0. The van der Waals surface area contributed by atoms with Crippen LogP contribution in [0.5, 0.6) is 0 Å². The van der Waals surface area contributed by atoms with Gasteiger partial charge < -0.3 is 5.32 Å². The molecule has 1 atom stereocenters. The first kappa shape index (κ1) is 13.8. The van der Waals surface area contributed by atoms with E-state index in [1.165, 1.54) is 6.42 Å². The molecule has 17 heavy (non-hydrogen) atoms. The number of hydrogen-bond acceptors (Lipinski definition) is 3. The van der Waals surface area contributed by atoms with Gasteiger partial charge in [-0.05, 0) is 37.8 Å². The average molecular weight is 252 g/mol. The molecular weight excluding hydrogens is 234 g/mol. The van der Waals surface area contributed by atoms with Crippen molar-refractivity contribution < 1.29 is 0 Å². The number of hydrogen-bond donors (Lipinski definition) is 1. The molecule has 0 saturated heterocycles. The Bertz CT molecular complexity index is 410. The van der Waals surface area contributed by atoms with Crippen molar-refractivity contribution in [1.82, 2.24) is 4.98 Å². The Hall–Kier alpha value is -1.27. The second kappa shape index (κ2) is 6.46. The van der Waals surface area contributed by atoms with E-state index < -0.39 is 0 Å². The second-order valence-corrected chi connectivity index (χ2v) is 5.08. The Morgan fingerprint density at radius 1 is 1.35 bits per heavy atom. The number of pyridine rings is 1. The minimum Gasteiger partial charge on any atom is -0.368 e. The minimum absolute atomic E-state index is 0.329. The van der Waals surface area contributed by atoms with Crippen LogP contribution in [0.15, 0.2) is 12.1 Å². The van der Waals surface area contributed by atoms with Crippen LogP contribution in [0.1, 0.15) is 39.2 Å². The first-order valence-electron chi connectivity index (χ1n) is 5.85. The van der Waals surface area contributed by atoms with E-state index in [0.29, 0.717) is 28.5 Å². The highest BCUT2D eigenvalue weighted by Crippen LogP contribution is 2.16. The van der Waals surface area contributed by atoms with Gasteiger partial charge >= 0.3 is 0 Å². The van der Waals surface area contributed by atoms with Crippen LogP contribution < -0.4 is 5.32 Å². The van der Waals surface area contributed by atoms with Gasteiger partial charge in [0, 0.05) is 6.04 Å². The molecule has 3 nitrogen and oxygen atoms in total. The largest absolute Gasteiger partial charge is 0.368 e. The van der Waals surface area contributed by atoms with Gasteiger partial charge in [-0.2, -0.15) is 5.26 Å². The van der Waals surface area contributed by atoms with Crippen LogP contribution in [0.4, 0.5) is 5.82 Å². The zero-order valence-electron chi connectivity index (χ0n) is 10.5. The average Bonchev–Trinajstić information content (AvgIpc) is 2.25. The maximum Gasteiger partial charge on any atom is 0.132 e. The van der Waals surface area contributed by atoms with Crippen molar-refractivity contribution in [2.45, 2.75) is 39.7 Å². The Morgan fingerprint density at radius 2 is 2.06 bits per heavy atom. The topological polar surface area (TPSA) is 48.7 Å². The summed E-state index contributed by atoms with van der Waals surface area (Å²) in [5, 5.41) is 12.4. The fourth-order valence-corrected chi connectivity index (χ4v) is 1.75. The van der Waals surface area contributed by atoms with Crippen molar-refractivity contribution in [3.63, 3.8) is 0 Å². The van der Waals surface area contributed by atoms with Gasteiger partial charge in [0.1, 0.15) is 11.0 Å². The molecule has 1 unspecified atom stereocenters. The van der Waals surface area contributed by atoms with Crippen molar-refractivity contribution in [2.24, 2.45) is 5.92 Å². The van der Waals surface area contributed by atoms with Crippen molar-refractivity contribution in [3.8, 4) is 6.07 Å². The lowest BCUT2D eigenvalue weighted by Crippen LogP contribution is -2.16. The molecule has 0 saturated carbocycles. The summed E-state index contributed by atoms with van der Waals surface area (Å²) in [7, 11) is 0. The molecule has 1 rings (SSSR count). The molecule has 0 bridgehead atoms. The zero-order chi connectivity index (χ0) is 12.8. The molecule has 0 radical (unpaired) electrons. The molecule has 92 valence electrons. The van der Waals surface area contributed by atoms with Crippen LogP contribution in [0.25, 0.3) is 0 Å². The number of halogens is 1. The predicted octanol–water partition coefficient (Wildman–Crippen LogP) is 3.84. The van der Waals surface area contributed by atoms with Gasteiger partial charge in [0.25, 0.3) is 0 Å². The van der Waals surface area contributed by atoms with Gasteiger partial charge in [-0.25, -0.2) is 4.98 Å². The van der Waals surface area contributed by atoms with Crippen LogP contribution in [-0.2, 0) is 0 Å². The van der Waals surface area contributed by atoms with Crippen LogP contribution >= 0.6 is 11.6 Å². The molecule has 1 aromatic heterocycles. The van der Waals surface area contributed by atoms with Gasteiger partial charge in [0.15, 0.2) is 0 Å². The quantitative estimate of drug-likeness (QED) is 0.809. The van der Waals surface area contributed by atoms with Crippen LogP contribution in [0.3, 0.4) is 0 Å². The maximum atomic E-state index is 8.83. The zero-order valence-corrected chi connectivity index (χ0v) is 11.3. The summed E-state index contributed by atoms with van der Waals surface area (Å²) in [4.78, 5) is 4.15. The SMILES string of the molecule is CC(C)CCC(C)Nc1cc(C#N)cc(Cl)n1. The lowest BCUT2D eigenvalue weighted by Gasteiger charge is -2.15. The Balaban J connectivity index is 2.62. The summed E-state index contributed by atoms with van der Waals surface area (Å²) in [5.74, 6) is 1.37. The van der Waals surface area contributed by atoms with E-state index in [-0.39, 0.29) is 0 Å². The monoisotopic (exact) mass is 251 g/mol. The van der Waals surface area contributed by atoms with Crippen molar-refractivity contribution in [1.29, 1.82) is 5.26 Å². The Kier molecular flexibility index (Phi) is 5.24. The molecule has 0 fully saturated rings. The Morgan fingerprint density at radius 3 is 2.65 bits per heavy atom. The molecule has 0 spiro atoms. The van der Waals surface area contributed by atoms with E-state index >= 15 is 0 Å². The van der Waals surface area contributed by atoms with E-state index in [0.717, 1.165) is 6.42 Å². The molecule has 0 aromatic carbocycles. The van der Waals surface area contributed by atoms with Crippen molar-refractivity contribution in [2.75, 3.05) is 5.32 Å². The van der Waals surface area contributed by atoms with Gasteiger partial charge in [-0.1, -0.05) is 25.4 Å². The van der Waals surface area contributed by atoms with Gasteiger partial charge in [-0.15, -0.1) is 0 Å². The van der Waals surface area contributed by atoms with E-state index in [9.17, 15) is 0 Å². The minimum atomic E-state index is 0.329. The third-order valence-corrected chi connectivity index (χ3v) is 2.69. The molecule has 4 heteroatoms. The summed E-state index contributed by atoms with van der Waals surface area (Å²) in [6.07, 6.45) is 2.24. The number of nitriles is 1. The first-order chi connectivity index (χ1) is 8.01. The van der Waals surface area contributed by atoms with Crippen molar-refractivity contribution >= 4 is 17.4 Å². The van der Waals surface area contributed by atoms with E-state index in [2.05, 4.69) is 37.1 Å². The number of aromatic nitrogens is 1. The summed E-state index contributed by atoms with van der Waals surface area (Å²) in [6, 6.07) is 5.68. The fourth-order valence-electron chi connectivity index (χ4n) is 1.54. The summed E-state index contributed by atoms with van der Waals surface area (Å²) in [6.45, 7) is 6.52. The van der Waals surface area contributed by atoms with E-state index in [1.54, 1.807) is 12.1 Å². The number of nitrogens with zero attached hydrogens (tertiary/aromatic N) is 2. The lowest BCUT2D eigenvalue weighted by atomic mass is 10.0. The van der Waals surface area contributed by atoms with Crippen LogP contribution in [0, 0.1) is 17.2 Å². The van der Waals surface area contributed by atoms with E-state index in [4.69, 9.17) is 16.9 Å². The maximum absolute atomic E-state index is 8.83. The highest BCUT2D eigenvalue weighted by atomic mass is 35.5. The van der Waals surface area contributed by atoms with Crippen molar-refractivity contribution in [3.05, 3.63) is 22.8 Å². The van der Waals surface area contributed by atoms with Crippen LogP contribution in [0.2, 0.25) is 5.15 Å². The van der Waals surface area contributed by atoms with Gasteiger partial charge in [-0.3, -0.25) is 0 Å². The third-order valence-electron chi connectivity index (χ3n) is 2.49. The highest BCUT2D eigenvalue weighted by Gasteiger charge is 2.06. The normalized spacial score (nSPS) is 12.2. The predicted molar refractivity (Wildman–Crippen MR) is 71.1 cm³/mol.